The number of nitrogens with one attached hydrogen (secondary N) is 1. The molecule has 10 heteroatoms. The van der Waals surface area contributed by atoms with Crippen molar-refractivity contribution in [1.82, 2.24) is 10.3 Å². The van der Waals surface area contributed by atoms with Crippen molar-refractivity contribution in [2.45, 2.75) is 19.4 Å². The maximum absolute atomic E-state index is 14.5. The summed E-state index contributed by atoms with van der Waals surface area (Å²) in [5.74, 6) is -5.85. The molecular formula is C28H18ClF2N3O4. The molecule has 190 valence electrons. The number of ketones is 1. The van der Waals surface area contributed by atoms with Gasteiger partial charge in [-0.05, 0) is 42.8 Å². The minimum Gasteiger partial charge on any atom is -0.480 e. The number of hydrogen-bond acceptors (Lipinski definition) is 5. The zero-order valence-electron chi connectivity index (χ0n) is 19.8. The van der Waals surface area contributed by atoms with E-state index in [1.165, 1.54) is 6.07 Å². The van der Waals surface area contributed by atoms with Crippen molar-refractivity contribution in [3.63, 3.8) is 0 Å². The fourth-order valence-electron chi connectivity index (χ4n) is 4.07. The summed E-state index contributed by atoms with van der Waals surface area (Å²) in [6, 6.07) is 13.5. The van der Waals surface area contributed by atoms with Crippen molar-refractivity contribution in [2.75, 3.05) is 0 Å². The topological polar surface area (TPSA) is 120 Å². The van der Waals surface area contributed by atoms with E-state index in [0.29, 0.717) is 38.2 Å². The third kappa shape index (κ3) is 5.21. The lowest BCUT2D eigenvalue weighted by atomic mass is 9.94. The minimum absolute atomic E-state index is 0.223. The fourth-order valence-corrected chi connectivity index (χ4v) is 4.36. The first-order valence-corrected chi connectivity index (χ1v) is 11.6. The van der Waals surface area contributed by atoms with Crippen LogP contribution in [0.1, 0.15) is 38.8 Å². The first-order chi connectivity index (χ1) is 18.1. The fraction of sp³-hybridized carbons (Fsp3) is 0.107. The summed E-state index contributed by atoms with van der Waals surface area (Å²) in [4.78, 5) is 40.5. The monoisotopic (exact) mass is 533 g/mol. The Morgan fingerprint density at radius 3 is 2.37 bits per heavy atom. The highest BCUT2D eigenvalue weighted by molar-refractivity contribution is 6.33. The number of rotatable bonds is 7. The summed E-state index contributed by atoms with van der Waals surface area (Å²) >= 11 is 6.39. The van der Waals surface area contributed by atoms with Gasteiger partial charge in [0.2, 0.25) is 0 Å². The van der Waals surface area contributed by atoms with Crippen LogP contribution in [0.25, 0.3) is 22.0 Å². The molecule has 0 saturated carbocycles. The van der Waals surface area contributed by atoms with Crippen LogP contribution < -0.4 is 5.32 Å². The normalized spacial score (nSPS) is 11.6. The number of carbonyl (C=O) groups excluding carboxylic acids is 2. The van der Waals surface area contributed by atoms with Crippen LogP contribution in [0.15, 0.2) is 60.8 Å². The van der Waals surface area contributed by atoms with Crippen molar-refractivity contribution >= 4 is 40.2 Å². The van der Waals surface area contributed by atoms with Gasteiger partial charge in [0.25, 0.3) is 5.91 Å². The van der Waals surface area contributed by atoms with E-state index in [0.717, 1.165) is 19.1 Å². The van der Waals surface area contributed by atoms with Gasteiger partial charge in [-0.2, -0.15) is 5.26 Å². The van der Waals surface area contributed by atoms with Crippen LogP contribution in [-0.4, -0.2) is 33.8 Å². The quantitative estimate of drug-likeness (QED) is 0.310. The van der Waals surface area contributed by atoms with Gasteiger partial charge in [0.05, 0.1) is 17.1 Å². The predicted molar refractivity (Wildman–Crippen MR) is 136 cm³/mol. The molecule has 7 nitrogen and oxygen atoms in total. The summed E-state index contributed by atoms with van der Waals surface area (Å²) < 4.78 is 28.9. The van der Waals surface area contributed by atoms with Crippen molar-refractivity contribution in [3.8, 4) is 17.2 Å². The van der Waals surface area contributed by atoms with Gasteiger partial charge in [0.1, 0.15) is 23.2 Å². The van der Waals surface area contributed by atoms with Crippen LogP contribution in [0.2, 0.25) is 5.02 Å². The second kappa shape index (κ2) is 10.7. The molecule has 0 unspecified atom stereocenters. The number of amides is 1. The molecule has 0 spiro atoms. The number of carboxylic acids is 1. The first-order valence-electron chi connectivity index (χ1n) is 11.2. The van der Waals surface area contributed by atoms with Crippen LogP contribution in [0.5, 0.6) is 0 Å². The smallest absolute Gasteiger partial charge is 0.326 e. The lowest BCUT2D eigenvalue weighted by Gasteiger charge is -2.18. The first kappa shape index (κ1) is 26.4. The standard InChI is InChI=1S/C28H18ClF2N3O4/c1-14(35)17-10-22(30)25(23(31)11-17)27(36)34-24(28(37)38)12-16-5-7-20(26-18(16)3-2-8-33-26)19-6-4-15(13-32)9-21(19)29/h2-11,24H,12H2,1H3,(H,34,36)(H,37,38)/t24-/m0/s1. The number of aliphatic carboxylic acids is 1. The summed E-state index contributed by atoms with van der Waals surface area (Å²) in [6.45, 7) is 1.12. The van der Waals surface area contributed by atoms with E-state index in [-0.39, 0.29) is 12.0 Å². The lowest BCUT2D eigenvalue weighted by Crippen LogP contribution is -2.43. The molecule has 38 heavy (non-hydrogen) atoms. The molecule has 1 amide bonds. The molecule has 0 radical (unpaired) electrons. The predicted octanol–water partition coefficient (Wildman–Crippen LogP) is 5.33. The van der Waals surface area contributed by atoms with Crippen LogP contribution in [0.4, 0.5) is 8.78 Å². The maximum atomic E-state index is 14.5. The molecule has 0 bridgehead atoms. The van der Waals surface area contributed by atoms with Gasteiger partial charge >= 0.3 is 5.97 Å². The number of carboxylic acid groups (broad SMARTS) is 1. The van der Waals surface area contributed by atoms with E-state index in [1.54, 1.807) is 42.6 Å². The van der Waals surface area contributed by atoms with E-state index in [1.807, 2.05) is 6.07 Å². The largest absolute Gasteiger partial charge is 0.480 e. The Morgan fingerprint density at radius 2 is 1.76 bits per heavy atom. The van der Waals surface area contributed by atoms with Gasteiger partial charge in [-0.15, -0.1) is 0 Å². The summed E-state index contributed by atoms with van der Waals surface area (Å²) in [7, 11) is 0. The van der Waals surface area contributed by atoms with E-state index in [2.05, 4.69) is 10.3 Å². The average Bonchev–Trinajstić information content (AvgIpc) is 2.88. The number of nitrogens with zero attached hydrogens (tertiary/aromatic N) is 2. The lowest BCUT2D eigenvalue weighted by molar-refractivity contribution is -0.139. The van der Waals surface area contributed by atoms with E-state index in [9.17, 15) is 28.3 Å². The molecule has 1 aromatic heterocycles. The van der Waals surface area contributed by atoms with Gasteiger partial charge in [-0.1, -0.05) is 35.9 Å². The number of Topliss-reactive ketones (excluding diaryl/α,β-unsaturated/α-hetero) is 1. The van der Waals surface area contributed by atoms with Crippen molar-refractivity contribution in [1.29, 1.82) is 5.26 Å². The Kier molecular flexibility index (Phi) is 7.46. The maximum Gasteiger partial charge on any atom is 0.326 e. The van der Waals surface area contributed by atoms with Gasteiger partial charge in [0.15, 0.2) is 5.78 Å². The third-order valence-corrected chi connectivity index (χ3v) is 6.26. The summed E-state index contributed by atoms with van der Waals surface area (Å²) in [5, 5.41) is 22.0. The van der Waals surface area contributed by atoms with E-state index < -0.39 is 40.9 Å². The number of aromatic nitrogens is 1. The minimum atomic E-state index is -1.54. The van der Waals surface area contributed by atoms with Crippen LogP contribution >= 0.6 is 11.6 Å². The van der Waals surface area contributed by atoms with E-state index in [4.69, 9.17) is 16.9 Å². The molecule has 4 aromatic rings. The molecule has 0 saturated heterocycles. The third-order valence-electron chi connectivity index (χ3n) is 5.95. The van der Waals surface area contributed by atoms with Crippen molar-refractivity contribution in [2.24, 2.45) is 0 Å². The zero-order chi connectivity index (χ0) is 27.6. The Morgan fingerprint density at radius 1 is 1.08 bits per heavy atom. The van der Waals surface area contributed by atoms with Crippen LogP contribution in [0.3, 0.4) is 0 Å². The highest BCUT2D eigenvalue weighted by atomic mass is 35.5. The van der Waals surface area contributed by atoms with E-state index >= 15 is 0 Å². The molecule has 0 aliphatic rings. The van der Waals surface area contributed by atoms with Crippen LogP contribution in [-0.2, 0) is 11.2 Å². The number of benzene rings is 3. The average molecular weight is 534 g/mol. The molecule has 0 aliphatic heterocycles. The Balaban J connectivity index is 1.69. The Hall–Kier alpha value is -4.68. The number of nitriles is 1. The molecule has 3 aromatic carbocycles. The number of carbonyl (C=O) groups is 3. The number of fused-ring (bicyclic) bond motifs is 1. The number of hydrogen-bond donors (Lipinski definition) is 2. The highest BCUT2D eigenvalue weighted by Gasteiger charge is 2.27. The SMILES string of the molecule is CC(=O)c1cc(F)c(C(=O)N[C@@H](Cc2ccc(-c3ccc(C#N)cc3Cl)c3ncccc23)C(=O)O)c(F)c1. The van der Waals surface area contributed by atoms with Crippen molar-refractivity contribution < 1.29 is 28.3 Å². The second-order valence-electron chi connectivity index (χ2n) is 8.42. The Bertz CT molecular complexity index is 1640. The Labute approximate surface area is 220 Å². The molecule has 4 rings (SSSR count). The zero-order valence-corrected chi connectivity index (χ0v) is 20.5. The second-order valence-corrected chi connectivity index (χ2v) is 8.82. The molecule has 0 aliphatic carbocycles. The molecular weight excluding hydrogens is 516 g/mol. The number of halogens is 3. The molecule has 2 N–H and O–H groups in total. The van der Waals surface area contributed by atoms with Gasteiger partial charge in [-0.3, -0.25) is 14.6 Å². The highest BCUT2D eigenvalue weighted by Crippen LogP contribution is 2.34. The molecule has 1 heterocycles. The molecule has 1 atom stereocenters. The number of pyridine rings is 1. The van der Waals surface area contributed by atoms with Gasteiger partial charge in [-0.25, -0.2) is 13.6 Å². The van der Waals surface area contributed by atoms with Crippen LogP contribution in [0, 0.1) is 23.0 Å². The van der Waals surface area contributed by atoms with Gasteiger partial charge < -0.3 is 10.4 Å². The van der Waals surface area contributed by atoms with Gasteiger partial charge in [0, 0.05) is 39.7 Å². The summed E-state index contributed by atoms with van der Waals surface area (Å²) in [5.41, 5.74) is 1.41. The molecule has 0 fully saturated rings. The summed E-state index contributed by atoms with van der Waals surface area (Å²) in [6.07, 6.45) is 1.33. The van der Waals surface area contributed by atoms with Crippen molar-refractivity contribution in [3.05, 3.63) is 99.7 Å².